The number of rotatable bonds is 4. The van der Waals surface area contributed by atoms with Crippen molar-refractivity contribution in [3.05, 3.63) is 54.4 Å². The van der Waals surface area contributed by atoms with Gasteiger partial charge in [-0.05, 0) is 12.8 Å². The number of hydrogen-bond acceptors (Lipinski definition) is 4. The molecule has 1 aromatic heterocycles. The maximum Gasteiger partial charge on any atom is 0.273 e. The molecular formula is C16H17N3O2. The predicted molar refractivity (Wildman–Crippen MR) is 79.2 cm³/mol. The predicted octanol–water partition coefficient (Wildman–Crippen LogP) is 2.32. The summed E-state index contributed by atoms with van der Waals surface area (Å²) in [5.74, 6) is 0.682. The van der Waals surface area contributed by atoms with Crippen LogP contribution >= 0.6 is 0 Å². The largest absolute Gasteiger partial charge is 0.402 e. The number of hydrogen-bond donors (Lipinski definition) is 2. The smallest absolute Gasteiger partial charge is 0.273 e. The fraction of sp³-hybridized carbons (Fsp3) is 0.250. The van der Waals surface area contributed by atoms with Crippen LogP contribution in [0.2, 0.25) is 0 Å². The van der Waals surface area contributed by atoms with Gasteiger partial charge in [0, 0.05) is 29.3 Å². The molecule has 1 aromatic carbocycles. The summed E-state index contributed by atoms with van der Waals surface area (Å²) < 4.78 is 5.22. The molecule has 0 bridgehead atoms. The highest BCUT2D eigenvalue weighted by atomic mass is 16.5. The molecule has 2 aromatic rings. The first-order chi connectivity index (χ1) is 10.1. The van der Waals surface area contributed by atoms with Crippen LogP contribution in [0.3, 0.4) is 0 Å². The first kappa shape index (κ1) is 13.4. The van der Waals surface area contributed by atoms with Crippen LogP contribution in [0.1, 0.15) is 23.3 Å². The van der Waals surface area contributed by atoms with Gasteiger partial charge in [-0.15, -0.1) is 0 Å². The molecule has 0 radical (unpaired) electrons. The zero-order valence-corrected chi connectivity index (χ0v) is 11.6. The van der Waals surface area contributed by atoms with Crippen molar-refractivity contribution < 1.29 is 9.32 Å². The van der Waals surface area contributed by atoms with Gasteiger partial charge in [0.25, 0.3) is 5.91 Å². The van der Waals surface area contributed by atoms with Crippen LogP contribution in [0.5, 0.6) is 0 Å². The summed E-state index contributed by atoms with van der Waals surface area (Å²) >= 11 is 0. The number of amides is 1. The van der Waals surface area contributed by atoms with Crippen molar-refractivity contribution in [3.63, 3.8) is 0 Å². The second-order valence-electron chi connectivity index (χ2n) is 5.36. The van der Waals surface area contributed by atoms with E-state index in [1.54, 1.807) is 6.07 Å². The number of nitrogens with zero attached hydrogens (tertiary/aromatic N) is 1. The lowest BCUT2D eigenvalue weighted by Gasteiger charge is -2.35. The van der Waals surface area contributed by atoms with Crippen LogP contribution < -0.4 is 11.1 Å². The van der Waals surface area contributed by atoms with E-state index in [-0.39, 0.29) is 11.9 Å². The molecule has 5 nitrogen and oxygen atoms in total. The molecule has 1 saturated carbocycles. The summed E-state index contributed by atoms with van der Waals surface area (Å²) in [7, 11) is 0. The van der Waals surface area contributed by atoms with Crippen LogP contribution in [0, 0.1) is 5.92 Å². The second kappa shape index (κ2) is 5.44. The number of nitrogens with two attached hydrogens (primary N) is 1. The molecule has 1 heterocycles. The number of carbonyl (C=O) groups excluding carboxylic acids is 1. The minimum atomic E-state index is -0.216. The van der Waals surface area contributed by atoms with E-state index in [4.69, 9.17) is 10.3 Å². The van der Waals surface area contributed by atoms with E-state index in [0.717, 1.165) is 18.4 Å². The third-order valence-corrected chi connectivity index (χ3v) is 3.80. The number of allylic oxidation sites excluding steroid dienone is 1. The Balaban J connectivity index is 1.62. The molecule has 5 heteroatoms. The number of benzene rings is 1. The topological polar surface area (TPSA) is 81.1 Å². The third kappa shape index (κ3) is 2.81. The third-order valence-electron chi connectivity index (χ3n) is 3.80. The van der Waals surface area contributed by atoms with Crippen LogP contribution in [0.4, 0.5) is 0 Å². The minimum Gasteiger partial charge on any atom is -0.402 e. The van der Waals surface area contributed by atoms with Gasteiger partial charge in [0.1, 0.15) is 0 Å². The summed E-state index contributed by atoms with van der Waals surface area (Å²) in [4.78, 5) is 12.1. The van der Waals surface area contributed by atoms with Crippen molar-refractivity contribution in [1.29, 1.82) is 0 Å². The van der Waals surface area contributed by atoms with Crippen molar-refractivity contribution in [2.24, 2.45) is 11.7 Å². The molecule has 1 amide bonds. The Morgan fingerprint density at radius 3 is 2.71 bits per heavy atom. The number of nitrogens with one attached hydrogen (secondary N) is 1. The maximum absolute atomic E-state index is 12.1. The van der Waals surface area contributed by atoms with E-state index in [1.165, 1.54) is 0 Å². The quantitative estimate of drug-likeness (QED) is 0.902. The van der Waals surface area contributed by atoms with E-state index in [1.807, 2.05) is 30.3 Å². The zero-order valence-electron chi connectivity index (χ0n) is 11.6. The van der Waals surface area contributed by atoms with Crippen molar-refractivity contribution >= 4 is 5.91 Å². The molecule has 0 atom stereocenters. The van der Waals surface area contributed by atoms with Crippen molar-refractivity contribution in [2.45, 2.75) is 18.9 Å². The molecular weight excluding hydrogens is 266 g/mol. The fourth-order valence-corrected chi connectivity index (χ4v) is 2.42. The average Bonchev–Trinajstić information content (AvgIpc) is 2.92. The number of aromatic nitrogens is 1. The van der Waals surface area contributed by atoms with Gasteiger partial charge in [-0.3, -0.25) is 4.79 Å². The lowest BCUT2D eigenvalue weighted by Crippen LogP contribution is -2.45. The Kier molecular flexibility index (Phi) is 3.48. The van der Waals surface area contributed by atoms with Gasteiger partial charge >= 0.3 is 0 Å². The Labute approximate surface area is 122 Å². The van der Waals surface area contributed by atoms with Crippen LogP contribution in [0.25, 0.3) is 11.3 Å². The summed E-state index contributed by atoms with van der Waals surface area (Å²) in [6.45, 7) is 3.72. The van der Waals surface area contributed by atoms with Crippen LogP contribution in [-0.2, 0) is 0 Å². The van der Waals surface area contributed by atoms with E-state index >= 15 is 0 Å². The Hall–Kier alpha value is -2.56. The summed E-state index contributed by atoms with van der Waals surface area (Å²) in [5, 5.41) is 6.75. The Morgan fingerprint density at radius 1 is 1.33 bits per heavy atom. The van der Waals surface area contributed by atoms with E-state index in [2.05, 4.69) is 17.1 Å². The first-order valence-electron chi connectivity index (χ1n) is 6.91. The molecule has 3 rings (SSSR count). The molecule has 21 heavy (non-hydrogen) atoms. The standard InChI is InChI=1S/C16H17N3O2/c1-10(17)12-7-13(8-12)18-16(20)14-9-15(21-19-14)11-5-3-2-4-6-11/h2-6,9,12-13H,1,7-8,17H2,(H,18,20). The Morgan fingerprint density at radius 2 is 2.05 bits per heavy atom. The van der Waals surface area contributed by atoms with E-state index in [9.17, 15) is 4.79 Å². The second-order valence-corrected chi connectivity index (χ2v) is 5.36. The van der Waals surface area contributed by atoms with Gasteiger partial charge in [-0.25, -0.2) is 0 Å². The van der Waals surface area contributed by atoms with Gasteiger partial charge in [0.15, 0.2) is 11.5 Å². The van der Waals surface area contributed by atoms with Crippen molar-refractivity contribution in [2.75, 3.05) is 0 Å². The van der Waals surface area contributed by atoms with Crippen molar-refractivity contribution in [1.82, 2.24) is 10.5 Å². The summed E-state index contributed by atoms with van der Waals surface area (Å²) in [6.07, 6.45) is 1.68. The molecule has 0 unspecified atom stereocenters. The monoisotopic (exact) mass is 283 g/mol. The van der Waals surface area contributed by atoms with Crippen molar-refractivity contribution in [3.8, 4) is 11.3 Å². The fourth-order valence-electron chi connectivity index (χ4n) is 2.42. The molecule has 0 spiro atoms. The minimum absolute atomic E-state index is 0.139. The highest BCUT2D eigenvalue weighted by Crippen LogP contribution is 2.31. The van der Waals surface area contributed by atoms with Crippen LogP contribution in [-0.4, -0.2) is 17.1 Å². The van der Waals surface area contributed by atoms with E-state index < -0.39 is 0 Å². The lowest BCUT2D eigenvalue weighted by molar-refractivity contribution is 0.0891. The zero-order chi connectivity index (χ0) is 14.8. The molecule has 3 N–H and O–H groups in total. The van der Waals surface area contributed by atoms with Gasteiger partial charge in [-0.2, -0.15) is 0 Å². The lowest BCUT2D eigenvalue weighted by atomic mass is 9.78. The maximum atomic E-state index is 12.1. The first-order valence-corrected chi connectivity index (χ1v) is 6.91. The number of carbonyl (C=O) groups is 1. The van der Waals surface area contributed by atoms with Crippen LogP contribution in [0.15, 0.2) is 53.2 Å². The van der Waals surface area contributed by atoms with Gasteiger partial charge in [0.2, 0.25) is 0 Å². The highest BCUT2D eigenvalue weighted by molar-refractivity contribution is 5.93. The molecule has 0 aliphatic heterocycles. The normalized spacial score (nSPS) is 20.6. The van der Waals surface area contributed by atoms with Gasteiger partial charge in [0.05, 0.1) is 0 Å². The molecule has 1 fully saturated rings. The summed E-state index contributed by atoms with van der Waals surface area (Å²) in [5.41, 5.74) is 7.51. The molecule has 1 aliphatic carbocycles. The Bertz CT molecular complexity index is 657. The molecule has 0 saturated heterocycles. The van der Waals surface area contributed by atoms with Gasteiger partial charge in [-0.1, -0.05) is 42.1 Å². The summed E-state index contributed by atoms with van der Waals surface area (Å²) in [6, 6.07) is 11.4. The molecule has 108 valence electrons. The van der Waals surface area contributed by atoms with Gasteiger partial charge < -0.3 is 15.6 Å². The molecule has 1 aliphatic rings. The highest BCUT2D eigenvalue weighted by Gasteiger charge is 2.31. The average molecular weight is 283 g/mol. The SMILES string of the molecule is C=C(N)C1CC(NC(=O)c2cc(-c3ccccc3)on2)C1. The van der Waals surface area contributed by atoms with E-state index in [0.29, 0.717) is 23.1 Å².